The average molecular weight is 431 g/mol. The van der Waals surface area contributed by atoms with Gasteiger partial charge < -0.3 is 14.8 Å². The van der Waals surface area contributed by atoms with Crippen LogP contribution in [0.25, 0.3) is 16.6 Å². The first kappa shape index (κ1) is 22.2. The summed E-state index contributed by atoms with van der Waals surface area (Å²) < 4.78 is 39.3. The largest absolute Gasteiger partial charge is 0.494 e. The van der Waals surface area contributed by atoms with Gasteiger partial charge in [0.1, 0.15) is 34.3 Å². The van der Waals surface area contributed by atoms with Crippen molar-refractivity contribution in [3.63, 3.8) is 0 Å². The van der Waals surface area contributed by atoms with Crippen molar-refractivity contribution in [2.45, 2.75) is 32.8 Å². The van der Waals surface area contributed by atoms with Gasteiger partial charge in [-0.15, -0.1) is 0 Å². The van der Waals surface area contributed by atoms with Crippen molar-refractivity contribution in [3.8, 4) is 11.4 Å². The summed E-state index contributed by atoms with van der Waals surface area (Å²) in [5.41, 5.74) is -0.872. The lowest BCUT2D eigenvalue weighted by molar-refractivity contribution is 0.0528. The Morgan fingerprint density at radius 2 is 1.84 bits per heavy atom. The third-order valence-electron chi connectivity index (χ3n) is 4.27. The van der Waals surface area contributed by atoms with Crippen LogP contribution < -0.4 is 15.6 Å². The summed E-state index contributed by atoms with van der Waals surface area (Å²) in [6.07, 6.45) is -0.530. The molecule has 0 radical (unpaired) electrons. The predicted molar refractivity (Wildman–Crippen MR) is 112 cm³/mol. The first-order valence-corrected chi connectivity index (χ1v) is 9.61. The number of carbonyl (C=O) groups excluding carboxylic acids is 1. The molecule has 1 heterocycles. The molecular weight excluding hydrogens is 408 g/mol. The Labute approximate surface area is 177 Å². The fourth-order valence-corrected chi connectivity index (χ4v) is 3.08. The third kappa shape index (κ3) is 5.17. The lowest BCUT2D eigenvalue weighted by atomic mass is 10.2. The van der Waals surface area contributed by atoms with Gasteiger partial charge in [0.05, 0.1) is 18.2 Å². The molecule has 1 amide bonds. The van der Waals surface area contributed by atoms with Gasteiger partial charge in [0.15, 0.2) is 0 Å². The molecule has 0 saturated carbocycles. The minimum Gasteiger partial charge on any atom is -0.494 e. The second kappa shape index (κ2) is 8.71. The molecule has 0 unspecified atom stereocenters. The molecule has 164 valence electrons. The molecular formula is C22H23F2N3O4. The number of methoxy groups -OCH3 is 1. The summed E-state index contributed by atoms with van der Waals surface area (Å²) >= 11 is 0. The summed E-state index contributed by atoms with van der Waals surface area (Å²) in [5.74, 6) is -1.08. The minimum atomic E-state index is -0.828. The zero-order valence-corrected chi connectivity index (χ0v) is 17.7. The molecule has 3 rings (SSSR count). The Bertz CT molecular complexity index is 1170. The molecule has 7 nitrogen and oxygen atoms in total. The van der Waals surface area contributed by atoms with Crippen LogP contribution in [0.5, 0.6) is 5.75 Å². The van der Waals surface area contributed by atoms with Gasteiger partial charge in [0.25, 0.3) is 5.56 Å². The number of nitrogens with zero attached hydrogens (tertiary/aromatic N) is 2. The van der Waals surface area contributed by atoms with Crippen molar-refractivity contribution >= 4 is 17.0 Å². The number of halogens is 2. The topological polar surface area (TPSA) is 82.5 Å². The number of hydrogen-bond donors (Lipinski definition) is 1. The summed E-state index contributed by atoms with van der Waals surface area (Å²) in [5, 5.41) is 2.82. The second-order valence-corrected chi connectivity index (χ2v) is 7.83. The maximum Gasteiger partial charge on any atom is 0.407 e. The fraction of sp³-hybridized carbons (Fsp3) is 0.318. The number of fused-ring (bicyclic) bond motifs is 1. The van der Waals surface area contributed by atoms with E-state index in [1.807, 2.05) is 0 Å². The van der Waals surface area contributed by atoms with Crippen molar-refractivity contribution in [1.29, 1.82) is 0 Å². The molecule has 0 aliphatic heterocycles. The van der Waals surface area contributed by atoms with E-state index in [0.717, 1.165) is 22.8 Å². The molecule has 2 aromatic carbocycles. The van der Waals surface area contributed by atoms with Crippen molar-refractivity contribution < 1.29 is 23.0 Å². The highest BCUT2D eigenvalue weighted by Gasteiger charge is 2.18. The number of para-hydroxylation sites is 1. The van der Waals surface area contributed by atoms with Gasteiger partial charge in [-0.3, -0.25) is 9.36 Å². The Hall–Kier alpha value is -3.49. The lowest BCUT2D eigenvalue weighted by Crippen LogP contribution is -2.34. The molecule has 31 heavy (non-hydrogen) atoms. The summed E-state index contributed by atoms with van der Waals surface area (Å²) in [4.78, 5) is 29.7. The number of aromatic nitrogens is 2. The van der Waals surface area contributed by atoms with Crippen LogP contribution in [0, 0.1) is 11.6 Å². The van der Waals surface area contributed by atoms with Crippen LogP contribution in [0.4, 0.5) is 13.6 Å². The first-order chi connectivity index (χ1) is 14.6. The number of ether oxygens (including phenoxy) is 2. The maximum atomic E-state index is 13.9. The number of benzene rings is 2. The molecule has 0 bridgehead atoms. The van der Waals surface area contributed by atoms with E-state index in [-0.39, 0.29) is 29.9 Å². The van der Waals surface area contributed by atoms with Crippen LogP contribution in [0.1, 0.15) is 26.6 Å². The predicted octanol–water partition coefficient (Wildman–Crippen LogP) is 3.74. The second-order valence-electron chi connectivity index (χ2n) is 7.83. The number of hydrogen-bond acceptors (Lipinski definition) is 5. The maximum absolute atomic E-state index is 13.9. The van der Waals surface area contributed by atoms with Gasteiger partial charge in [0.2, 0.25) is 0 Å². The monoisotopic (exact) mass is 431 g/mol. The highest BCUT2D eigenvalue weighted by molar-refractivity contribution is 5.84. The lowest BCUT2D eigenvalue weighted by Gasteiger charge is -2.20. The van der Waals surface area contributed by atoms with E-state index in [2.05, 4.69) is 10.3 Å². The van der Waals surface area contributed by atoms with Gasteiger partial charge in [-0.25, -0.2) is 18.6 Å². The number of nitrogens with one attached hydrogen (secondary N) is 1. The van der Waals surface area contributed by atoms with Crippen LogP contribution in [0.2, 0.25) is 0 Å². The molecule has 0 spiro atoms. The normalized spacial score (nSPS) is 11.4. The smallest absolute Gasteiger partial charge is 0.407 e. The van der Waals surface area contributed by atoms with Crippen molar-refractivity contribution in [1.82, 2.24) is 14.9 Å². The van der Waals surface area contributed by atoms with Crippen molar-refractivity contribution in [3.05, 3.63) is 64.2 Å². The van der Waals surface area contributed by atoms with Crippen LogP contribution in [-0.4, -0.2) is 34.9 Å². The molecule has 0 saturated heterocycles. The van der Waals surface area contributed by atoms with Gasteiger partial charge in [0, 0.05) is 19.0 Å². The first-order valence-electron chi connectivity index (χ1n) is 9.61. The van der Waals surface area contributed by atoms with E-state index in [9.17, 15) is 18.4 Å². The van der Waals surface area contributed by atoms with E-state index in [0.29, 0.717) is 11.3 Å². The summed E-state index contributed by atoms with van der Waals surface area (Å²) in [6, 6.07) is 7.65. The van der Waals surface area contributed by atoms with E-state index in [1.165, 1.54) is 7.11 Å². The molecule has 0 aliphatic carbocycles. The van der Waals surface area contributed by atoms with Crippen molar-refractivity contribution in [2.24, 2.45) is 0 Å². The molecule has 0 atom stereocenters. The van der Waals surface area contributed by atoms with E-state index in [4.69, 9.17) is 9.47 Å². The SMILES string of the molecule is COc1cccc2c(=O)n(-c3cc(F)cc(F)c3)c(CCNC(=O)OC(C)(C)C)nc12. The van der Waals surface area contributed by atoms with Crippen LogP contribution in [0.15, 0.2) is 41.2 Å². The summed E-state index contributed by atoms with van der Waals surface area (Å²) in [6.45, 7) is 5.29. The number of carbonyl (C=O) groups is 1. The molecule has 0 fully saturated rings. The van der Waals surface area contributed by atoms with Crippen LogP contribution >= 0.6 is 0 Å². The molecule has 9 heteroatoms. The Morgan fingerprint density at radius 1 is 1.16 bits per heavy atom. The number of rotatable bonds is 5. The zero-order chi connectivity index (χ0) is 22.8. The van der Waals surface area contributed by atoms with Crippen LogP contribution in [0.3, 0.4) is 0 Å². The zero-order valence-electron chi connectivity index (χ0n) is 17.7. The fourth-order valence-electron chi connectivity index (χ4n) is 3.08. The van der Waals surface area contributed by atoms with E-state index < -0.39 is 28.9 Å². The van der Waals surface area contributed by atoms with E-state index in [1.54, 1.807) is 39.0 Å². The summed E-state index contributed by atoms with van der Waals surface area (Å²) in [7, 11) is 1.45. The quantitative estimate of drug-likeness (QED) is 0.666. The third-order valence-corrected chi connectivity index (χ3v) is 4.27. The molecule has 1 N–H and O–H groups in total. The van der Waals surface area contributed by atoms with Gasteiger partial charge >= 0.3 is 6.09 Å². The Kier molecular flexibility index (Phi) is 6.24. The van der Waals surface area contributed by atoms with Gasteiger partial charge in [-0.05, 0) is 45.0 Å². The van der Waals surface area contributed by atoms with E-state index >= 15 is 0 Å². The number of amides is 1. The number of alkyl carbamates (subject to hydrolysis) is 1. The van der Waals surface area contributed by atoms with Gasteiger partial charge in [-0.1, -0.05) is 6.07 Å². The minimum absolute atomic E-state index is 0.00742. The Balaban J connectivity index is 2.07. The van der Waals surface area contributed by atoms with Crippen molar-refractivity contribution in [2.75, 3.05) is 13.7 Å². The highest BCUT2D eigenvalue weighted by atomic mass is 19.1. The molecule has 0 aliphatic rings. The molecule has 1 aromatic heterocycles. The van der Waals surface area contributed by atoms with Gasteiger partial charge in [-0.2, -0.15) is 0 Å². The molecule has 3 aromatic rings. The average Bonchev–Trinajstić information content (AvgIpc) is 2.65. The van der Waals surface area contributed by atoms with Crippen LogP contribution in [-0.2, 0) is 11.2 Å². The highest BCUT2D eigenvalue weighted by Crippen LogP contribution is 2.23. The Morgan fingerprint density at radius 3 is 2.45 bits per heavy atom. The standard InChI is InChI=1S/C22H23F2N3O4/c1-22(2,3)31-21(29)25-9-8-18-26-19-16(6-5-7-17(19)30-4)20(28)27(18)15-11-13(23)10-14(24)12-15/h5-7,10-12H,8-9H2,1-4H3,(H,25,29).